The zero-order chi connectivity index (χ0) is 10.7. The summed E-state index contributed by atoms with van der Waals surface area (Å²) in [5, 5.41) is 20.1. The van der Waals surface area contributed by atoms with Crippen LogP contribution in [0.5, 0.6) is 0 Å². The highest BCUT2D eigenvalue weighted by molar-refractivity contribution is 5.84. The van der Waals surface area contributed by atoms with Crippen LogP contribution in [-0.4, -0.2) is 34.2 Å². The second-order valence-corrected chi connectivity index (χ2v) is 3.73. The molecule has 0 aliphatic heterocycles. The van der Waals surface area contributed by atoms with E-state index in [1.807, 2.05) is 0 Å². The van der Waals surface area contributed by atoms with Crippen molar-refractivity contribution in [2.24, 2.45) is 5.92 Å². The molecule has 0 aromatic heterocycles. The summed E-state index contributed by atoms with van der Waals surface area (Å²) in [6.07, 6.45) is 1.29. The topological polar surface area (TPSA) is 86.6 Å². The lowest BCUT2D eigenvalue weighted by Crippen LogP contribution is -2.41. The Morgan fingerprint density at radius 3 is 2.50 bits per heavy atom. The molecule has 3 N–H and O–H groups in total. The van der Waals surface area contributed by atoms with Gasteiger partial charge in [0.25, 0.3) is 0 Å². The maximum Gasteiger partial charge on any atom is 0.325 e. The zero-order valence-corrected chi connectivity index (χ0v) is 8.06. The van der Waals surface area contributed by atoms with Gasteiger partial charge in [0.2, 0.25) is 5.91 Å². The molecule has 0 heterocycles. The number of aliphatic hydroxyl groups excluding tert-OH is 1. The van der Waals surface area contributed by atoms with E-state index in [1.54, 1.807) is 0 Å². The van der Waals surface area contributed by atoms with E-state index in [9.17, 15) is 14.7 Å². The van der Waals surface area contributed by atoms with Crippen molar-refractivity contribution in [3.8, 4) is 0 Å². The van der Waals surface area contributed by atoms with Gasteiger partial charge in [-0.05, 0) is 26.2 Å². The predicted molar refractivity (Wildman–Crippen MR) is 48.6 cm³/mol. The highest BCUT2D eigenvalue weighted by Crippen LogP contribution is 2.25. The van der Waals surface area contributed by atoms with E-state index in [1.165, 1.54) is 6.92 Å². The smallest absolute Gasteiger partial charge is 0.325 e. The van der Waals surface area contributed by atoms with Gasteiger partial charge in [0.05, 0.1) is 6.10 Å². The minimum Gasteiger partial charge on any atom is -0.480 e. The van der Waals surface area contributed by atoms with Crippen LogP contribution in [-0.2, 0) is 9.59 Å². The molecule has 1 fully saturated rings. The minimum absolute atomic E-state index is 0.230. The van der Waals surface area contributed by atoms with Gasteiger partial charge in [-0.25, -0.2) is 0 Å². The monoisotopic (exact) mass is 201 g/mol. The Balaban J connectivity index is 2.39. The Bertz CT molecular complexity index is 241. The van der Waals surface area contributed by atoms with Gasteiger partial charge >= 0.3 is 5.97 Å². The number of aliphatic carboxylic acids is 1. The van der Waals surface area contributed by atoms with Gasteiger partial charge in [-0.3, -0.25) is 9.59 Å². The number of carboxylic acid groups (broad SMARTS) is 1. The van der Waals surface area contributed by atoms with Crippen LogP contribution < -0.4 is 5.32 Å². The Kier molecular flexibility index (Phi) is 3.46. The molecule has 0 radical (unpaired) electrons. The fourth-order valence-corrected chi connectivity index (χ4v) is 1.59. The first-order valence-corrected chi connectivity index (χ1v) is 4.72. The number of rotatable bonds is 3. The van der Waals surface area contributed by atoms with Crippen LogP contribution in [0.25, 0.3) is 0 Å². The molecule has 0 aromatic rings. The second kappa shape index (κ2) is 4.41. The molecule has 1 aliphatic carbocycles. The van der Waals surface area contributed by atoms with E-state index in [-0.39, 0.29) is 11.8 Å². The van der Waals surface area contributed by atoms with Crippen molar-refractivity contribution < 1.29 is 19.8 Å². The fraction of sp³-hybridized carbons (Fsp3) is 0.778. The average molecular weight is 201 g/mol. The largest absolute Gasteiger partial charge is 0.480 e. The Hall–Kier alpha value is -1.10. The van der Waals surface area contributed by atoms with Gasteiger partial charge in [-0.2, -0.15) is 0 Å². The highest BCUT2D eigenvalue weighted by Gasteiger charge is 2.29. The lowest BCUT2D eigenvalue weighted by molar-refractivity contribution is -0.141. The number of hydrogen-bond donors (Lipinski definition) is 3. The predicted octanol–water partition coefficient (Wildman–Crippen LogP) is -0.263. The lowest BCUT2D eigenvalue weighted by atomic mass is 10.1. The summed E-state index contributed by atoms with van der Waals surface area (Å²) in [4.78, 5) is 21.9. The van der Waals surface area contributed by atoms with E-state index in [0.29, 0.717) is 19.3 Å². The third-order valence-corrected chi connectivity index (χ3v) is 2.50. The molecule has 0 spiro atoms. The SMILES string of the molecule is CC(NC(=O)[C@H]1CC[C@@H](O)C1)C(=O)O. The van der Waals surface area contributed by atoms with E-state index in [0.717, 1.165) is 0 Å². The van der Waals surface area contributed by atoms with Crippen LogP contribution >= 0.6 is 0 Å². The van der Waals surface area contributed by atoms with Crippen molar-refractivity contribution in [3.63, 3.8) is 0 Å². The van der Waals surface area contributed by atoms with Gasteiger partial charge in [-0.15, -0.1) is 0 Å². The first-order chi connectivity index (χ1) is 6.50. The van der Waals surface area contributed by atoms with E-state index in [2.05, 4.69) is 5.32 Å². The van der Waals surface area contributed by atoms with Gasteiger partial charge in [0.1, 0.15) is 6.04 Å². The summed E-state index contributed by atoms with van der Waals surface area (Å²) in [7, 11) is 0. The molecule has 14 heavy (non-hydrogen) atoms. The molecule has 3 atom stereocenters. The molecule has 5 nitrogen and oxygen atoms in total. The third-order valence-electron chi connectivity index (χ3n) is 2.50. The number of hydrogen-bond acceptors (Lipinski definition) is 3. The summed E-state index contributed by atoms with van der Waals surface area (Å²) in [6, 6.07) is -0.861. The van der Waals surface area contributed by atoms with Crippen molar-refractivity contribution in [2.45, 2.75) is 38.3 Å². The number of carbonyl (C=O) groups excluding carboxylic acids is 1. The van der Waals surface area contributed by atoms with Crippen LogP contribution in [0.1, 0.15) is 26.2 Å². The molecule has 5 heteroatoms. The summed E-state index contributed by atoms with van der Waals surface area (Å²) in [5.41, 5.74) is 0. The number of amides is 1. The number of carbonyl (C=O) groups is 2. The first kappa shape index (κ1) is 11.0. The van der Waals surface area contributed by atoms with Gasteiger partial charge in [-0.1, -0.05) is 0 Å². The Labute approximate surface area is 82.1 Å². The Morgan fingerprint density at radius 1 is 1.43 bits per heavy atom. The Morgan fingerprint density at radius 2 is 2.07 bits per heavy atom. The number of nitrogens with one attached hydrogen (secondary N) is 1. The molecule has 1 aliphatic rings. The molecule has 1 rings (SSSR count). The van der Waals surface area contributed by atoms with E-state index >= 15 is 0 Å². The van der Waals surface area contributed by atoms with Crippen LogP contribution in [0, 0.1) is 5.92 Å². The van der Waals surface area contributed by atoms with E-state index < -0.39 is 18.1 Å². The van der Waals surface area contributed by atoms with Gasteiger partial charge in [0, 0.05) is 5.92 Å². The summed E-state index contributed by atoms with van der Waals surface area (Å²) in [6.45, 7) is 1.42. The standard InChI is InChI=1S/C9H15NO4/c1-5(9(13)14)10-8(12)6-2-3-7(11)4-6/h5-7,11H,2-4H2,1H3,(H,10,12)(H,13,14)/t5?,6-,7+/m0/s1. The maximum atomic E-state index is 11.4. The summed E-state index contributed by atoms with van der Waals surface area (Å²) >= 11 is 0. The quantitative estimate of drug-likeness (QED) is 0.587. The van der Waals surface area contributed by atoms with Crippen molar-refractivity contribution in [1.29, 1.82) is 0 Å². The highest BCUT2D eigenvalue weighted by atomic mass is 16.4. The van der Waals surface area contributed by atoms with E-state index in [4.69, 9.17) is 5.11 Å². The first-order valence-electron chi connectivity index (χ1n) is 4.72. The molecule has 80 valence electrons. The van der Waals surface area contributed by atoms with Gasteiger partial charge < -0.3 is 15.5 Å². The molecule has 1 unspecified atom stereocenters. The number of aliphatic hydroxyl groups is 1. The molecular weight excluding hydrogens is 186 g/mol. The fourth-order valence-electron chi connectivity index (χ4n) is 1.59. The van der Waals surface area contributed by atoms with Crippen LogP contribution in [0.4, 0.5) is 0 Å². The summed E-state index contributed by atoms with van der Waals surface area (Å²) < 4.78 is 0. The van der Waals surface area contributed by atoms with Crippen molar-refractivity contribution in [3.05, 3.63) is 0 Å². The molecule has 1 saturated carbocycles. The molecular formula is C9H15NO4. The number of carboxylic acids is 1. The molecule has 0 saturated heterocycles. The normalized spacial score (nSPS) is 28.4. The maximum absolute atomic E-state index is 11.4. The van der Waals surface area contributed by atoms with Crippen LogP contribution in [0.3, 0.4) is 0 Å². The summed E-state index contributed by atoms with van der Waals surface area (Å²) in [5.74, 6) is -1.54. The molecule has 1 amide bonds. The van der Waals surface area contributed by atoms with Crippen molar-refractivity contribution >= 4 is 11.9 Å². The second-order valence-electron chi connectivity index (χ2n) is 3.73. The van der Waals surface area contributed by atoms with Gasteiger partial charge in [0.15, 0.2) is 0 Å². The van der Waals surface area contributed by atoms with Crippen LogP contribution in [0.2, 0.25) is 0 Å². The molecule has 0 bridgehead atoms. The average Bonchev–Trinajstić information content (AvgIpc) is 2.51. The zero-order valence-electron chi connectivity index (χ0n) is 8.06. The van der Waals surface area contributed by atoms with Crippen molar-refractivity contribution in [2.75, 3.05) is 0 Å². The minimum atomic E-state index is -1.04. The third kappa shape index (κ3) is 2.70. The lowest BCUT2D eigenvalue weighted by Gasteiger charge is -2.13. The molecule has 0 aromatic carbocycles. The van der Waals surface area contributed by atoms with Crippen molar-refractivity contribution in [1.82, 2.24) is 5.32 Å². The van der Waals surface area contributed by atoms with Crippen LogP contribution in [0.15, 0.2) is 0 Å².